The lowest BCUT2D eigenvalue weighted by molar-refractivity contribution is -0.120. The summed E-state index contributed by atoms with van der Waals surface area (Å²) in [4.78, 5) is 26.6. The second kappa shape index (κ2) is 7.13. The van der Waals surface area contributed by atoms with Gasteiger partial charge >= 0.3 is 0 Å². The molecular weight excluding hydrogens is 327 g/mol. The van der Waals surface area contributed by atoms with Crippen LogP contribution in [0.2, 0.25) is 0 Å². The standard InChI is InChI=1S/C18H19FN2O2S/c1-12(22)20-15-3-2-9-21(11-15)18(23)17-16(8-10-24-17)13-4-6-14(19)7-5-13/h4-8,10,15H,2-3,9,11H2,1H3,(H,20,22)/t15-/m1/s1. The predicted molar refractivity (Wildman–Crippen MR) is 92.5 cm³/mol. The number of carbonyl (C=O) groups is 2. The van der Waals surface area contributed by atoms with Crippen LogP contribution in [0.15, 0.2) is 35.7 Å². The molecule has 0 spiro atoms. The highest BCUT2D eigenvalue weighted by atomic mass is 32.1. The van der Waals surface area contributed by atoms with Crippen LogP contribution in [0.3, 0.4) is 0 Å². The van der Waals surface area contributed by atoms with E-state index in [1.807, 2.05) is 11.4 Å². The lowest BCUT2D eigenvalue weighted by Crippen LogP contribution is -2.49. The third-order valence-electron chi connectivity index (χ3n) is 4.13. The molecule has 0 radical (unpaired) electrons. The van der Waals surface area contributed by atoms with Crippen molar-refractivity contribution in [2.24, 2.45) is 0 Å². The molecule has 2 aromatic rings. The van der Waals surface area contributed by atoms with Gasteiger partial charge in [0.25, 0.3) is 5.91 Å². The molecule has 0 aliphatic carbocycles. The van der Waals surface area contributed by atoms with Crippen molar-refractivity contribution >= 4 is 23.2 Å². The summed E-state index contributed by atoms with van der Waals surface area (Å²) in [5, 5.41) is 4.77. The Bertz CT molecular complexity index is 742. The number of carbonyl (C=O) groups excluding carboxylic acids is 2. The number of piperidine rings is 1. The maximum atomic E-state index is 13.1. The van der Waals surface area contributed by atoms with Crippen LogP contribution >= 0.6 is 11.3 Å². The predicted octanol–water partition coefficient (Wildman–Crippen LogP) is 3.29. The Balaban J connectivity index is 1.79. The number of halogens is 1. The molecule has 0 unspecified atom stereocenters. The van der Waals surface area contributed by atoms with E-state index >= 15 is 0 Å². The van der Waals surface area contributed by atoms with Crippen LogP contribution in [0.1, 0.15) is 29.4 Å². The van der Waals surface area contributed by atoms with Gasteiger partial charge in [0, 0.05) is 31.6 Å². The van der Waals surface area contributed by atoms with Crippen molar-refractivity contribution < 1.29 is 14.0 Å². The first-order valence-electron chi connectivity index (χ1n) is 7.94. The SMILES string of the molecule is CC(=O)N[C@@H]1CCCN(C(=O)c2sccc2-c2ccc(F)cc2)C1. The van der Waals surface area contributed by atoms with Crippen molar-refractivity contribution in [3.05, 3.63) is 46.4 Å². The summed E-state index contributed by atoms with van der Waals surface area (Å²) in [6.45, 7) is 2.71. The molecule has 2 amide bonds. The molecule has 3 rings (SSSR count). The highest BCUT2D eigenvalue weighted by Gasteiger charge is 2.27. The molecular formula is C18H19FN2O2S. The summed E-state index contributed by atoms with van der Waals surface area (Å²) >= 11 is 1.39. The fourth-order valence-corrected chi connectivity index (χ4v) is 3.93. The van der Waals surface area contributed by atoms with Crippen molar-refractivity contribution in [2.45, 2.75) is 25.8 Å². The molecule has 0 saturated carbocycles. The molecule has 0 bridgehead atoms. The summed E-state index contributed by atoms with van der Waals surface area (Å²) in [6.07, 6.45) is 1.76. The largest absolute Gasteiger partial charge is 0.352 e. The average Bonchev–Trinajstić information content (AvgIpc) is 3.04. The molecule has 1 N–H and O–H groups in total. The van der Waals surface area contributed by atoms with Gasteiger partial charge in [-0.1, -0.05) is 12.1 Å². The van der Waals surface area contributed by atoms with Crippen LogP contribution in [-0.4, -0.2) is 35.8 Å². The minimum Gasteiger partial charge on any atom is -0.352 e. The van der Waals surface area contributed by atoms with Crippen molar-refractivity contribution in [3.8, 4) is 11.1 Å². The second-order valence-electron chi connectivity index (χ2n) is 5.96. The van der Waals surface area contributed by atoms with E-state index in [-0.39, 0.29) is 23.7 Å². The molecule has 1 aliphatic heterocycles. The molecule has 2 heterocycles. The molecule has 1 aromatic carbocycles. The second-order valence-corrected chi connectivity index (χ2v) is 6.88. The third kappa shape index (κ3) is 3.64. The minimum atomic E-state index is -0.295. The first-order valence-corrected chi connectivity index (χ1v) is 8.82. The number of hydrogen-bond donors (Lipinski definition) is 1. The Labute approximate surface area is 144 Å². The number of thiophene rings is 1. The number of likely N-dealkylation sites (tertiary alicyclic amines) is 1. The summed E-state index contributed by atoms with van der Waals surface area (Å²) in [5.74, 6) is -0.396. The van der Waals surface area contributed by atoms with Gasteiger partial charge in [0.2, 0.25) is 5.91 Å². The van der Waals surface area contributed by atoms with Crippen LogP contribution in [-0.2, 0) is 4.79 Å². The van der Waals surface area contributed by atoms with Gasteiger partial charge in [-0.15, -0.1) is 11.3 Å². The van der Waals surface area contributed by atoms with E-state index in [1.54, 1.807) is 17.0 Å². The van der Waals surface area contributed by atoms with E-state index in [9.17, 15) is 14.0 Å². The van der Waals surface area contributed by atoms with E-state index in [1.165, 1.54) is 30.4 Å². The Morgan fingerprint density at radius 2 is 2.00 bits per heavy atom. The highest BCUT2D eigenvalue weighted by Crippen LogP contribution is 2.30. The normalized spacial score (nSPS) is 17.6. The van der Waals surface area contributed by atoms with Crippen molar-refractivity contribution in [1.82, 2.24) is 10.2 Å². The fourth-order valence-electron chi connectivity index (χ4n) is 3.04. The van der Waals surface area contributed by atoms with Crippen LogP contribution in [0.5, 0.6) is 0 Å². The molecule has 1 fully saturated rings. The molecule has 126 valence electrons. The molecule has 1 atom stereocenters. The van der Waals surface area contributed by atoms with Crippen molar-refractivity contribution in [1.29, 1.82) is 0 Å². The minimum absolute atomic E-state index is 0.00873. The van der Waals surface area contributed by atoms with Gasteiger partial charge in [-0.05, 0) is 42.0 Å². The average molecular weight is 346 g/mol. The molecule has 1 saturated heterocycles. The zero-order valence-corrected chi connectivity index (χ0v) is 14.2. The van der Waals surface area contributed by atoms with Gasteiger partial charge in [-0.25, -0.2) is 4.39 Å². The van der Waals surface area contributed by atoms with Crippen molar-refractivity contribution in [3.63, 3.8) is 0 Å². The van der Waals surface area contributed by atoms with Gasteiger partial charge in [-0.3, -0.25) is 9.59 Å². The zero-order valence-electron chi connectivity index (χ0n) is 13.4. The summed E-state index contributed by atoms with van der Waals surface area (Å²) < 4.78 is 13.1. The lowest BCUT2D eigenvalue weighted by Gasteiger charge is -2.33. The highest BCUT2D eigenvalue weighted by molar-refractivity contribution is 7.12. The Kier molecular flexibility index (Phi) is 4.94. The van der Waals surface area contributed by atoms with Crippen LogP contribution in [0.25, 0.3) is 11.1 Å². The Morgan fingerprint density at radius 3 is 2.71 bits per heavy atom. The monoisotopic (exact) mass is 346 g/mol. The molecule has 6 heteroatoms. The summed E-state index contributed by atoms with van der Waals surface area (Å²) in [6, 6.07) is 8.06. The van der Waals surface area contributed by atoms with E-state index in [2.05, 4.69) is 5.32 Å². The van der Waals surface area contributed by atoms with E-state index in [0.717, 1.165) is 24.0 Å². The zero-order chi connectivity index (χ0) is 17.1. The number of nitrogens with one attached hydrogen (secondary N) is 1. The van der Waals surface area contributed by atoms with E-state index in [0.29, 0.717) is 18.0 Å². The van der Waals surface area contributed by atoms with E-state index < -0.39 is 0 Å². The molecule has 4 nitrogen and oxygen atoms in total. The Morgan fingerprint density at radius 1 is 1.25 bits per heavy atom. The van der Waals surface area contributed by atoms with Crippen LogP contribution < -0.4 is 5.32 Å². The number of benzene rings is 1. The summed E-state index contributed by atoms with van der Waals surface area (Å²) in [7, 11) is 0. The number of nitrogens with zero attached hydrogens (tertiary/aromatic N) is 1. The van der Waals surface area contributed by atoms with Crippen molar-refractivity contribution in [2.75, 3.05) is 13.1 Å². The van der Waals surface area contributed by atoms with Gasteiger partial charge in [-0.2, -0.15) is 0 Å². The summed E-state index contributed by atoms with van der Waals surface area (Å²) in [5.41, 5.74) is 1.66. The smallest absolute Gasteiger partial charge is 0.264 e. The first kappa shape index (κ1) is 16.6. The van der Waals surface area contributed by atoms with E-state index in [4.69, 9.17) is 0 Å². The number of hydrogen-bond acceptors (Lipinski definition) is 3. The van der Waals surface area contributed by atoms with Gasteiger partial charge < -0.3 is 10.2 Å². The molecule has 24 heavy (non-hydrogen) atoms. The first-order chi connectivity index (χ1) is 11.5. The fraction of sp³-hybridized carbons (Fsp3) is 0.333. The lowest BCUT2D eigenvalue weighted by atomic mass is 10.0. The topological polar surface area (TPSA) is 49.4 Å². The van der Waals surface area contributed by atoms with Crippen LogP contribution in [0.4, 0.5) is 4.39 Å². The quantitative estimate of drug-likeness (QED) is 0.927. The molecule has 1 aliphatic rings. The maximum absolute atomic E-state index is 13.1. The van der Waals surface area contributed by atoms with Crippen LogP contribution in [0, 0.1) is 5.82 Å². The molecule has 1 aromatic heterocycles. The van der Waals surface area contributed by atoms with Gasteiger partial charge in [0.15, 0.2) is 0 Å². The maximum Gasteiger partial charge on any atom is 0.264 e. The van der Waals surface area contributed by atoms with Gasteiger partial charge in [0.1, 0.15) is 5.82 Å². The number of amides is 2. The number of rotatable bonds is 3. The Hall–Kier alpha value is -2.21. The third-order valence-corrected chi connectivity index (χ3v) is 5.03. The van der Waals surface area contributed by atoms with Gasteiger partial charge in [0.05, 0.1) is 4.88 Å².